The molecule has 1 amide bonds. The standard InChI is InChI=1S/C23H42N2O4/c1-21(2,3)28-17-23-11-7-13-25(23)18(8-12-23)16-27-20(26)24-14-9-19(10-15-24)29-22(4,5)6/h18-19H,7-17H2,1-6H3. The van der Waals surface area contributed by atoms with Gasteiger partial charge in [-0.1, -0.05) is 0 Å². The van der Waals surface area contributed by atoms with Gasteiger partial charge in [0.15, 0.2) is 0 Å². The van der Waals surface area contributed by atoms with Gasteiger partial charge in [-0.15, -0.1) is 0 Å². The first kappa shape index (κ1) is 22.8. The fraction of sp³-hybridized carbons (Fsp3) is 0.957. The molecule has 0 spiro atoms. The SMILES string of the molecule is CC(C)(C)OCC12CCCN1C(COC(=O)N1CCC(OC(C)(C)C)CC1)CC2. The van der Waals surface area contributed by atoms with Gasteiger partial charge in [0, 0.05) is 24.7 Å². The fourth-order valence-corrected chi connectivity index (χ4v) is 5.06. The molecule has 0 N–H and O–H groups in total. The summed E-state index contributed by atoms with van der Waals surface area (Å²) in [5.74, 6) is 0. The summed E-state index contributed by atoms with van der Waals surface area (Å²) in [6.07, 6.45) is 6.46. The van der Waals surface area contributed by atoms with Gasteiger partial charge in [-0.25, -0.2) is 4.79 Å². The molecule has 3 aliphatic rings. The third-order valence-electron chi connectivity index (χ3n) is 6.43. The van der Waals surface area contributed by atoms with E-state index in [0.29, 0.717) is 12.6 Å². The maximum Gasteiger partial charge on any atom is 0.409 e. The summed E-state index contributed by atoms with van der Waals surface area (Å²) in [5, 5.41) is 0. The molecule has 0 radical (unpaired) electrons. The maximum atomic E-state index is 12.6. The first-order valence-electron chi connectivity index (χ1n) is 11.5. The summed E-state index contributed by atoms with van der Waals surface area (Å²) >= 11 is 0. The van der Waals surface area contributed by atoms with E-state index in [9.17, 15) is 4.79 Å². The normalized spacial score (nSPS) is 29.3. The van der Waals surface area contributed by atoms with Crippen LogP contribution in [0.1, 0.15) is 80.1 Å². The molecule has 168 valence electrons. The van der Waals surface area contributed by atoms with Crippen LogP contribution in [-0.4, -0.2) is 77.6 Å². The van der Waals surface area contributed by atoms with Crippen molar-refractivity contribution in [2.75, 3.05) is 32.8 Å². The minimum Gasteiger partial charge on any atom is -0.448 e. The molecule has 3 aliphatic heterocycles. The van der Waals surface area contributed by atoms with Crippen LogP contribution in [0.5, 0.6) is 0 Å². The highest BCUT2D eigenvalue weighted by atomic mass is 16.6. The molecule has 2 atom stereocenters. The van der Waals surface area contributed by atoms with Crippen molar-refractivity contribution < 1.29 is 19.0 Å². The van der Waals surface area contributed by atoms with E-state index < -0.39 is 0 Å². The molecule has 0 aromatic rings. The number of hydrogen-bond donors (Lipinski definition) is 0. The second-order valence-corrected chi connectivity index (χ2v) is 11.1. The maximum absolute atomic E-state index is 12.6. The molecule has 0 aromatic carbocycles. The lowest BCUT2D eigenvalue weighted by molar-refractivity contribution is -0.0810. The second kappa shape index (κ2) is 8.72. The predicted octanol–water partition coefficient (Wildman–Crippen LogP) is 4.21. The lowest BCUT2D eigenvalue weighted by Gasteiger charge is -2.37. The molecule has 0 bridgehead atoms. The fourth-order valence-electron chi connectivity index (χ4n) is 5.06. The first-order valence-corrected chi connectivity index (χ1v) is 11.5. The number of rotatable bonds is 5. The van der Waals surface area contributed by atoms with Gasteiger partial charge in [0.2, 0.25) is 0 Å². The molecule has 3 rings (SSSR count). The molecule has 0 aromatic heterocycles. The highest BCUT2D eigenvalue weighted by Crippen LogP contribution is 2.43. The van der Waals surface area contributed by atoms with Crippen LogP contribution in [0.4, 0.5) is 4.79 Å². The van der Waals surface area contributed by atoms with E-state index in [4.69, 9.17) is 14.2 Å². The summed E-state index contributed by atoms with van der Waals surface area (Å²) < 4.78 is 18.0. The van der Waals surface area contributed by atoms with E-state index in [0.717, 1.165) is 51.9 Å². The average Bonchev–Trinajstić information content (AvgIpc) is 3.16. The van der Waals surface area contributed by atoms with Gasteiger partial charge >= 0.3 is 6.09 Å². The van der Waals surface area contributed by atoms with Gasteiger partial charge in [0.05, 0.1) is 23.9 Å². The Morgan fingerprint density at radius 3 is 2.28 bits per heavy atom. The number of piperidine rings is 1. The minimum absolute atomic E-state index is 0.115. The molecular weight excluding hydrogens is 368 g/mol. The number of fused-ring (bicyclic) bond motifs is 1. The Bertz CT molecular complexity index is 560. The molecule has 6 heteroatoms. The Kier molecular flexibility index (Phi) is 6.86. The van der Waals surface area contributed by atoms with E-state index >= 15 is 0 Å². The third-order valence-corrected chi connectivity index (χ3v) is 6.43. The monoisotopic (exact) mass is 410 g/mol. The number of carbonyl (C=O) groups is 1. The van der Waals surface area contributed by atoms with Crippen LogP contribution in [0.3, 0.4) is 0 Å². The van der Waals surface area contributed by atoms with Crippen molar-refractivity contribution in [3.05, 3.63) is 0 Å². The van der Waals surface area contributed by atoms with Crippen molar-refractivity contribution >= 4 is 6.09 Å². The Hall–Kier alpha value is -0.850. The van der Waals surface area contributed by atoms with Crippen molar-refractivity contribution in [1.29, 1.82) is 0 Å². The summed E-state index contributed by atoms with van der Waals surface area (Å²) in [6.45, 7) is 16.4. The van der Waals surface area contributed by atoms with E-state index in [1.54, 1.807) is 0 Å². The number of carbonyl (C=O) groups excluding carboxylic acids is 1. The van der Waals surface area contributed by atoms with Crippen LogP contribution in [-0.2, 0) is 14.2 Å². The van der Waals surface area contributed by atoms with Gasteiger partial charge in [-0.05, 0) is 86.6 Å². The van der Waals surface area contributed by atoms with E-state index in [1.807, 2.05) is 4.90 Å². The van der Waals surface area contributed by atoms with E-state index in [2.05, 4.69) is 46.4 Å². The van der Waals surface area contributed by atoms with Crippen molar-refractivity contribution in [3.8, 4) is 0 Å². The molecule has 2 unspecified atom stereocenters. The summed E-state index contributed by atoms with van der Waals surface area (Å²) in [5.41, 5.74) is -0.0991. The summed E-state index contributed by atoms with van der Waals surface area (Å²) in [6, 6.07) is 0.326. The third kappa shape index (κ3) is 6.08. The van der Waals surface area contributed by atoms with Gasteiger partial charge in [-0.2, -0.15) is 0 Å². The molecule has 3 heterocycles. The summed E-state index contributed by atoms with van der Waals surface area (Å²) in [7, 11) is 0. The van der Waals surface area contributed by atoms with Crippen LogP contribution in [0.15, 0.2) is 0 Å². The Balaban J connectivity index is 1.44. The average molecular weight is 411 g/mol. The zero-order valence-electron chi connectivity index (χ0n) is 19.5. The molecule has 0 aliphatic carbocycles. The number of nitrogens with zero attached hydrogens (tertiary/aromatic N) is 2. The largest absolute Gasteiger partial charge is 0.448 e. The van der Waals surface area contributed by atoms with Crippen molar-refractivity contribution in [2.45, 2.75) is 109 Å². The smallest absolute Gasteiger partial charge is 0.409 e. The molecule has 3 saturated heterocycles. The summed E-state index contributed by atoms with van der Waals surface area (Å²) in [4.78, 5) is 17.0. The highest BCUT2D eigenvalue weighted by Gasteiger charge is 2.50. The quantitative estimate of drug-likeness (QED) is 0.679. The molecular formula is C23H42N2O4. The molecule has 29 heavy (non-hydrogen) atoms. The molecule has 0 saturated carbocycles. The number of ether oxygens (including phenoxy) is 3. The molecule has 3 fully saturated rings. The lowest BCUT2D eigenvalue weighted by Crippen LogP contribution is -2.49. The van der Waals surface area contributed by atoms with E-state index in [1.165, 1.54) is 12.8 Å². The van der Waals surface area contributed by atoms with Crippen LogP contribution in [0.2, 0.25) is 0 Å². The zero-order valence-corrected chi connectivity index (χ0v) is 19.5. The van der Waals surface area contributed by atoms with Gasteiger partial charge in [0.1, 0.15) is 6.61 Å². The van der Waals surface area contributed by atoms with Gasteiger partial charge < -0.3 is 19.1 Å². The van der Waals surface area contributed by atoms with Gasteiger partial charge in [0.25, 0.3) is 0 Å². The zero-order chi connectivity index (χ0) is 21.3. The number of likely N-dealkylation sites (tertiary alicyclic amines) is 1. The van der Waals surface area contributed by atoms with Crippen LogP contribution in [0, 0.1) is 0 Å². The Morgan fingerprint density at radius 2 is 1.66 bits per heavy atom. The number of amides is 1. The lowest BCUT2D eigenvalue weighted by atomic mass is 9.95. The van der Waals surface area contributed by atoms with E-state index in [-0.39, 0.29) is 28.9 Å². The highest BCUT2D eigenvalue weighted by molar-refractivity contribution is 5.67. The van der Waals surface area contributed by atoms with Crippen molar-refractivity contribution in [3.63, 3.8) is 0 Å². The second-order valence-electron chi connectivity index (χ2n) is 11.1. The van der Waals surface area contributed by atoms with Crippen LogP contribution in [0.25, 0.3) is 0 Å². The van der Waals surface area contributed by atoms with Gasteiger partial charge in [-0.3, -0.25) is 4.90 Å². The van der Waals surface area contributed by atoms with Crippen LogP contribution < -0.4 is 0 Å². The predicted molar refractivity (Wildman–Crippen MR) is 114 cm³/mol. The van der Waals surface area contributed by atoms with Crippen LogP contribution >= 0.6 is 0 Å². The molecule has 6 nitrogen and oxygen atoms in total. The Morgan fingerprint density at radius 1 is 0.966 bits per heavy atom. The first-order chi connectivity index (χ1) is 13.5. The van der Waals surface area contributed by atoms with Crippen molar-refractivity contribution in [1.82, 2.24) is 9.80 Å². The minimum atomic E-state index is -0.165. The Labute approximate surface area is 177 Å². The topological polar surface area (TPSA) is 51.2 Å². The van der Waals surface area contributed by atoms with Crippen molar-refractivity contribution in [2.24, 2.45) is 0 Å². The number of hydrogen-bond acceptors (Lipinski definition) is 5.